The topological polar surface area (TPSA) is 83.1 Å². The summed E-state index contributed by atoms with van der Waals surface area (Å²) in [6, 6.07) is 2.26. The number of hydrogen-bond donors (Lipinski definition) is 0. The molecule has 0 aromatic heterocycles. The molecule has 0 bridgehead atoms. The molecule has 0 fully saturated rings. The van der Waals surface area contributed by atoms with Crippen LogP contribution in [-0.2, 0) is 39.8 Å². The van der Waals surface area contributed by atoms with Gasteiger partial charge in [0.05, 0.1) is 39.6 Å². The van der Waals surface area contributed by atoms with Crippen molar-refractivity contribution < 1.29 is 39.8 Å². The first-order chi connectivity index (χ1) is 21.6. The molecule has 0 aromatic rings. The van der Waals surface area contributed by atoms with Crippen LogP contribution in [-0.4, -0.2) is 121 Å². The molecule has 0 unspecified atom stereocenters. The summed E-state index contributed by atoms with van der Waals surface area (Å²) in [5, 5.41) is 0. The molecular weight excluding hydrogens is 773 g/mol. The van der Waals surface area contributed by atoms with Gasteiger partial charge in [0.2, 0.25) is 0 Å². The second kappa shape index (κ2) is 41.3. The van der Waals surface area contributed by atoms with E-state index in [0.29, 0.717) is 39.6 Å². The van der Waals surface area contributed by atoms with Crippen molar-refractivity contribution in [1.82, 2.24) is 0 Å². The minimum absolute atomic E-state index is 0. The summed E-state index contributed by atoms with van der Waals surface area (Å²) < 4.78 is 51.2. The quantitative estimate of drug-likeness (QED) is 0.0455. The van der Waals surface area contributed by atoms with E-state index in [-0.39, 0.29) is 37.1 Å². The summed E-state index contributed by atoms with van der Waals surface area (Å²) in [5.41, 5.74) is 0. The smallest absolute Gasteiger partial charge is 0.310 e. The van der Waals surface area contributed by atoms with Crippen molar-refractivity contribution in [2.24, 2.45) is 0 Å². The Morgan fingerprint density at radius 3 is 1.08 bits per heavy atom. The lowest BCUT2D eigenvalue weighted by Gasteiger charge is -2.34. The Balaban J connectivity index is -0.000000104. The minimum Gasteiger partial charge on any atom is -0.440 e. The molecule has 0 aliphatic heterocycles. The van der Waals surface area contributed by atoms with Gasteiger partial charge in [0.25, 0.3) is 0 Å². The van der Waals surface area contributed by atoms with Crippen LogP contribution in [0.5, 0.6) is 0 Å². The molecule has 324 valence electrons. The van der Waals surface area contributed by atoms with Crippen molar-refractivity contribution in [2.75, 3.05) is 60.0 Å². The van der Waals surface area contributed by atoms with Crippen LogP contribution in [0.25, 0.3) is 0 Å². The highest BCUT2D eigenvalue weighted by molar-refractivity contribution is 6.84. The van der Waals surface area contributed by atoms with Gasteiger partial charge in [0.15, 0.2) is 43.8 Å². The van der Waals surface area contributed by atoms with E-state index in [1.165, 1.54) is 0 Å². The van der Waals surface area contributed by atoms with E-state index >= 15 is 0 Å². The molecule has 52 heavy (non-hydrogen) atoms. The third kappa shape index (κ3) is 57.4. The average Bonchev–Trinajstić information content (AvgIpc) is 2.89. The molecule has 0 radical (unpaired) electrons. The fourth-order valence-corrected chi connectivity index (χ4v) is 27.4. The second-order valence-electron chi connectivity index (χ2n) is 14.3. The Morgan fingerprint density at radius 2 is 0.769 bits per heavy atom. The largest absolute Gasteiger partial charge is 0.440 e. The van der Waals surface area contributed by atoms with Gasteiger partial charge in [-0.2, -0.15) is 0 Å². The maximum absolute atomic E-state index is 6.45. The Bertz CT molecular complexity index is 721. The Hall–Kier alpha value is 0.638. The molecule has 0 aromatic carbocycles. The number of hydrogen-bond acceptors (Lipinski definition) is 9. The fraction of sp³-hybridized carbons (Fsp3) is 0.889. The molecule has 0 saturated carbocycles. The summed E-state index contributed by atoms with van der Waals surface area (Å²) in [5.74, 6) is 0. The maximum atomic E-state index is 6.45. The standard InChI is InChI=1S/C17H44O5Si4.C8H14O2.C6H20O2Si3.5CH4/c1-18-24(4,5)16-10-12-19-14-15-20-13-11-17-25(6,7)22-26(8,9)21-23(2)3;1-3-5-9-7-8-10-6-4-2;1-9(2)7-11(5,6)8-10(3)4;;;;;/h23H,10-17H2,1-9H3;3-4H,1-2,5-8H2;9-10H,1-6H3;5*1H4. The molecule has 0 heterocycles. The monoisotopic (exact) mass is 871 g/mol. The van der Waals surface area contributed by atoms with Gasteiger partial charge in [-0.05, 0) is 117 Å². The van der Waals surface area contributed by atoms with Gasteiger partial charge < -0.3 is 39.8 Å². The van der Waals surface area contributed by atoms with Crippen molar-refractivity contribution in [2.45, 2.75) is 154 Å². The maximum Gasteiger partial charge on any atom is 0.310 e. The van der Waals surface area contributed by atoms with Gasteiger partial charge in [-0.15, -0.1) is 13.2 Å². The molecule has 0 saturated heterocycles. The Morgan fingerprint density at radius 1 is 0.462 bits per heavy atom. The first kappa shape index (κ1) is 70.4. The zero-order valence-electron chi connectivity index (χ0n) is 33.5. The minimum atomic E-state index is -1.96. The van der Waals surface area contributed by atoms with Crippen molar-refractivity contribution in [3.63, 3.8) is 0 Å². The van der Waals surface area contributed by atoms with Crippen molar-refractivity contribution in [3.05, 3.63) is 25.3 Å². The molecule has 0 aliphatic rings. The van der Waals surface area contributed by atoms with Crippen LogP contribution in [0.15, 0.2) is 25.3 Å². The van der Waals surface area contributed by atoms with Crippen LogP contribution in [0.2, 0.25) is 104 Å². The highest BCUT2D eigenvalue weighted by Crippen LogP contribution is 2.21. The molecule has 9 nitrogen and oxygen atoms in total. The lowest BCUT2D eigenvalue weighted by Crippen LogP contribution is -2.48. The van der Waals surface area contributed by atoms with E-state index < -0.39 is 60.9 Å². The van der Waals surface area contributed by atoms with Crippen molar-refractivity contribution >= 4 is 60.9 Å². The van der Waals surface area contributed by atoms with Gasteiger partial charge in [0.1, 0.15) is 0 Å². The molecule has 0 amide bonds. The SMILES string of the molecule is C.C.C.C.C.C=CCOCCOCC=C.CO[Si](C)(C)CCCOCCOCCC[Si](C)(C)O[Si](C)(C)O[SiH](C)C.C[SiH](C)O[Si](C)(C)O[SiH](C)C. The Labute approximate surface area is 338 Å². The third-order valence-corrected chi connectivity index (χ3v) is 26.8. The van der Waals surface area contributed by atoms with Gasteiger partial charge in [-0.3, -0.25) is 0 Å². The lowest BCUT2D eigenvalue weighted by atomic mass is 10.5. The summed E-state index contributed by atoms with van der Waals surface area (Å²) in [7, 11) is -7.78. The summed E-state index contributed by atoms with van der Waals surface area (Å²) in [6.07, 6.45) is 5.56. The van der Waals surface area contributed by atoms with E-state index in [1.54, 1.807) is 12.2 Å². The Kier molecular flexibility index (Phi) is 55.9. The van der Waals surface area contributed by atoms with Gasteiger partial charge in [-0.1, -0.05) is 49.3 Å². The molecular formula is C36H98O9Si7. The second-order valence-corrected chi connectivity index (χ2v) is 38.3. The zero-order valence-corrected chi connectivity index (χ0v) is 40.9. The van der Waals surface area contributed by atoms with Crippen LogP contribution in [0.1, 0.15) is 50.0 Å². The normalized spacial score (nSPS) is 11.3. The van der Waals surface area contributed by atoms with Crippen molar-refractivity contribution in [3.8, 4) is 0 Å². The van der Waals surface area contributed by atoms with Crippen LogP contribution >= 0.6 is 0 Å². The van der Waals surface area contributed by atoms with Gasteiger partial charge in [0, 0.05) is 20.3 Å². The highest BCUT2D eigenvalue weighted by Gasteiger charge is 2.34. The molecule has 0 N–H and O–H groups in total. The number of ether oxygens (including phenoxy) is 4. The lowest BCUT2D eigenvalue weighted by molar-refractivity contribution is 0.0478. The fourth-order valence-electron chi connectivity index (χ4n) is 4.55. The van der Waals surface area contributed by atoms with E-state index in [9.17, 15) is 0 Å². The highest BCUT2D eigenvalue weighted by atomic mass is 28.5. The molecule has 0 rings (SSSR count). The van der Waals surface area contributed by atoms with Crippen LogP contribution in [0, 0.1) is 0 Å². The zero-order chi connectivity index (χ0) is 37.0. The predicted molar refractivity (Wildman–Crippen MR) is 254 cm³/mol. The van der Waals surface area contributed by atoms with E-state index in [2.05, 4.69) is 105 Å². The predicted octanol–water partition coefficient (Wildman–Crippen LogP) is 10.8. The van der Waals surface area contributed by atoms with E-state index in [1.807, 2.05) is 7.11 Å². The van der Waals surface area contributed by atoms with Gasteiger partial charge >= 0.3 is 17.1 Å². The molecule has 0 aliphatic carbocycles. The first-order valence-corrected chi connectivity index (χ1v) is 37.7. The third-order valence-electron chi connectivity index (χ3n) is 5.98. The molecule has 0 atom stereocenters. The van der Waals surface area contributed by atoms with Crippen molar-refractivity contribution in [1.29, 1.82) is 0 Å². The molecule has 16 heteroatoms. The van der Waals surface area contributed by atoms with Crippen LogP contribution in [0.3, 0.4) is 0 Å². The van der Waals surface area contributed by atoms with E-state index in [0.717, 1.165) is 38.1 Å². The average molecular weight is 872 g/mol. The number of rotatable bonds is 27. The summed E-state index contributed by atoms with van der Waals surface area (Å²) in [4.78, 5) is 0. The summed E-state index contributed by atoms with van der Waals surface area (Å²) in [6.45, 7) is 43.3. The van der Waals surface area contributed by atoms with Gasteiger partial charge in [-0.25, -0.2) is 0 Å². The summed E-state index contributed by atoms with van der Waals surface area (Å²) >= 11 is 0. The molecule has 0 spiro atoms. The van der Waals surface area contributed by atoms with Crippen LogP contribution in [0.4, 0.5) is 0 Å². The van der Waals surface area contributed by atoms with E-state index in [4.69, 9.17) is 39.8 Å². The van der Waals surface area contributed by atoms with Crippen LogP contribution < -0.4 is 0 Å². The first-order valence-electron chi connectivity index (χ1n) is 17.5.